The Hall–Kier alpha value is -0.0400. The van der Waals surface area contributed by atoms with Crippen LogP contribution in [0.3, 0.4) is 0 Å². The van der Waals surface area contributed by atoms with E-state index < -0.39 is 0 Å². The molecule has 1 nitrogen and oxygen atoms in total. The molecule has 6 unspecified atom stereocenters. The van der Waals surface area contributed by atoms with Gasteiger partial charge in [-0.25, -0.2) is 0 Å². The Morgan fingerprint density at radius 1 is 1.27 bits per heavy atom. The van der Waals surface area contributed by atoms with E-state index in [-0.39, 0.29) is 0 Å². The zero-order chi connectivity index (χ0) is 7.59. The second-order valence-corrected chi connectivity index (χ2v) is 4.46. The summed E-state index contributed by atoms with van der Waals surface area (Å²) in [6.07, 6.45) is 4.35. The van der Waals surface area contributed by atoms with Crippen molar-refractivity contribution in [2.45, 2.75) is 51.2 Å². The molecule has 0 radical (unpaired) electrons. The first-order valence-corrected chi connectivity index (χ1v) is 5.16. The van der Waals surface area contributed by atoms with Crippen LogP contribution in [0.1, 0.15) is 33.1 Å². The minimum atomic E-state index is 1.02. The Balaban J connectivity index is 1.69. The van der Waals surface area contributed by atoms with Gasteiger partial charge in [-0.05, 0) is 24.7 Å². The van der Waals surface area contributed by atoms with E-state index in [1.165, 1.54) is 19.3 Å². The van der Waals surface area contributed by atoms with Gasteiger partial charge in [0, 0.05) is 18.1 Å². The Labute approximate surface area is 68.8 Å². The molecule has 0 amide bonds. The van der Waals surface area contributed by atoms with E-state index in [0.29, 0.717) is 0 Å². The highest BCUT2D eigenvalue weighted by atomic mass is 15.5. The molecule has 11 heavy (non-hydrogen) atoms. The van der Waals surface area contributed by atoms with Gasteiger partial charge in [-0.15, -0.1) is 0 Å². The fourth-order valence-corrected chi connectivity index (χ4v) is 3.60. The molecule has 2 heterocycles. The molecule has 1 heteroatoms. The minimum absolute atomic E-state index is 1.02. The molecule has 2 aliphatic heterocycles. The monoisotopic (exact) mass is 151 g/mol. The maximum atomic E-state index is 2.75. The van der Waals surface area contributed by atoms with Gasteiger partial charge in [-0.3, -0.25) is 4.90 Å². The highest BCUT2D eigenvalue weighted by Crippen LogP contribution is 2.63. The standard InChI is InChI=1S/C10H17N/c1-3-6-5-8-9(6)10-7(4-2)11(8)10/h6-10H,3-5H2,1-2H3. The molecular weight excluding hydrogens is 134 g/mol. The predicted octanol–water partition coefficient (Wildman–Crippen LogP) is 1.88. The molecule has 0 aromatic heterocycles. The second kappa shape index (κ2) is 1.82. The largest absolute Gasteiger partial charge is 0.291 e. The average Bonchev–Trinajstić information content (AvgIpc) is 2.58. The Kier molecular flexibility index (Phi) is 1.07. The number of hydrogen-bond donors (Lipinski definition) is 0. The van der Waals surface area contributed by atoms with Crippen molar-refractivity contribution >= 4 is 0 Å². The van der Waals surface area contributed by atoms with Crippen molar-refractivity contribution in [1.29, 1.82) is 0 Å². The Bertz CT molecular complexity index is 183. The van der Waals surface area contributed by atoms with Crippen molar-refractivity contribution in [3.63, 3.8) is 0 Å². The fourth-order valence-electron chi connectivity index (χ4n) is 3.60. The molecule has 0 aromatic carbocycles. The van der Waals surface area contributed by atoms with E-state index in [1.54, 1.807) is 0 Å². The lowest BCUT2D eigenvalue weighted by molar-refractivity contribution is -0.0307. The molecule has 1 aliphatic carbocycles. The van der Waals surface area contributed by atoms with Crippen LogP contribution in [0, 0.1) is 11.8 Å². The molecule has 3 rings (SSSR count). The van der Waals surface area contributed by atoms with Crippen LogP contribution in [-0.2, 0) is 0 Å². The Morgan fingerprint density at radius 3 is 2.73 bits per heavy atom. The first kappa shape index (κ1) is 6.47. The Morgan fingerprint density at radius 2 is 2.09 bits per heavy atom. The molecule has 3 fully saturated rings. The van der Waals surface area contributed by atoms with Crippen LogP contribution < -0.4 is 0 Å². The average molecular weight is 151 g/mol. The lowest BCUT2D eigenvalue weighted by Gasteiger charge is -2.53. The maximum absolute atomic E-state index is 2.75. The first-order valence-electron chi connectivity index (χ1n) is 5.16. The van der Waals surface area contributed by atoms with Crippen LogP contribution in [0.15, 0.2) is 0 Å². The van der Waals surface area contributed by atoms with Crippen LogP contribution in [0.2, 0.25) is 0 Å². The minimum Gasteiger partial charge on any atom is -0.291 e. The van der Waals surface area contributed by atoms with Gasteiger partial charge in [0.2, 0.25) is 0 Å². The SMILES string of the molecule is CCC1CC2C1C1C(CC)N21. The summed E-state index contributed by atoms with van der Waals surface area (Å²) in [5.74, 6) is 2.25. The molecular formula is C10H17N. The lowest BCUT2D eigenvalue weighted by atomic mass is 9.62. The van der Waals surface area contributed by atoms with Gasteiger partial charge in [0.05, 0.1) is 0 Å². The van der Waals surface area contributed by atoms with Crippen LogP contribution in [-0.4, -0.2) is 23.0 Å². The molecule has 0 aromatic rings. The van der Waals surface area contributed by atoms with Crippen LogP contribution in [0.5, 0.6) is 0 Å². The van der Waals surface area contributed by atoms with Gasteiger partial charge in [0.1, 0.15) is 0 Å². The van der Waals surface area contributed by atoms with Crippen molar-refractivity contribution in [3.05, 3.63) is 0 Å². The molecule has 62 valence electrons. The smallest absolute Gasteiger partial charge is 0.0304 e. The summed E-state index contributed by atoms with van der Waals surface area (Å²) in [5.41, 5.74) is 0. The molecule has 0 bridgehead atoms. The summed E-state index contributed by atoms with van der Waals surface area (Å²) in [4.78, 5) is 2.75. The summed E-state index contributed by atoms with van der Waals surface area (Å²) in [6, 6.07) is 3.13. The third kappa shape index (κ3) is 0.547. The number of rotatable bonds is 2. The van der Waals surface area contributed by atoms with Gasteiger partial charge < -0.3 is 0 Å². The van der Waals surface area contributed by atoms with E-state index in [4.69, 9.17) is 0 Å². The zero-order valence-corrected chi connectivity index (χ0v) is 7.46. The van der Waals surface area contributed by atoms with Crippen molar-refractivity contribution in [2.24, 2.45) is 11.8 Å². The van der Waals surface area contributed by atoms with Gasteiger partial charge in [-0.1, -0.05) is 20.3 Å². The third-order valence-corrected chi connectivity index (χ3v) is 4.28. The molecule has 2 saturated heterocycles. The van der Waals surface area contributed by atoms with Gasteiger partial charge >= 0.3 is 0 Å². The van der Waals surface area contributed by atoms with E-state index in [2.05, 4.69) is 18.7 Å². The van der Waals surface area contributed by atoms with Crippen molar-refractivity contribution < 1.29 is 0 Å². The van der Waals surface area contributed by atoms with E-state index in [1.807, 2.05) is 0 Å². The van der Waals surface area contributed by atoms with Gasteiger partial charge in [0.15, 0.2) is 0 Å². The van der Waals surface area contributed by atoms with E-state index in [0.717, 1.165) is 30.0 Å². The second-order valence-electron chi connectivity index (χ2n) is 4.46. The summed E-state index contributed by atoms with van der Waals surface area (Å²) in [6.45, 7) is 4.69. The van der Waals surface area contributed by atoms with Gasteiger partial charge in [0.25, 0.3) is 0 Å². The quantitative estimate of drug-likeness (QED) is 0.544. The zero-order valence-electron chi connectivity index (χ0n) is 7.46. The first-order chi connectivity index (χ1) is 5.38. The number of nitrogens with zero attached hydrogens (tertiary/aromatic N) is 1. The highest BCUT2D eigenvalue weighted by molar-refractivity contribution is 5.26. The molecule has 1 saturated carbocycles. The molecule has 0 spiro atoms. The number of fused-ring (bicyclic) bond motifs is 4. The fraction of sp³-hybridized carbons (Fsp3) is 1.00. The highest BCUT2D eigenvalue weighted by Gasteiger charge is 2.72. The van der Waals surface area contributed by atoms with Crippen molar-refractivity contribution in [3.8, 4) is 0 Å². The van der Waals surface area contributed by atoms with Crippen LogP contribution >= 0.6 is 0 Å². The predicted molar refractivity (Wildman–Crippen MR) is 45.4 cm³/mol. The maximum Gasteiger partial charge on any atom is 0.0304 e. The normalized spacial score (nSPS) is 63.8. The number of piperidine rings is 1. The van der Waals surface area contributed by atoms with Crippen LogP contribution in [0.4, 0.5) is 0 Å². The van der Waals surface area contributed by atoms with Crippen molar-refractivity contribution in [1.82, 2.24) is 4.90 Å². The number of hydrogen-bond acceptors (Lipinski definition) is 1. The van der Waals surface area contributed by atoms with E-state index in [9.17, 15) is 0 Å². The summed E-state index contributed by atoms with van der Waals surface area (Å²) < 4.78 is 0. The van der Waals surface area contributed by atoms with Crippen molar-refractivity contribution in [2.75, 3.05) is 0 Å². The topological polar surface area (TPSA) is 3.01 Å². The third-order valence-electron chi connectivity index (χ3n) is 4.28. The molecule has 3 aliphatic rings. The van der Waals surface area contributed by atoms with Crippen LogP contribution in [0.25, 0.3) is 0 Å². The van der Waals surface area contributed by atoms with Gasteiger partial charge in [-0.2, -0.15) is 0 Å². The van der Waals surface area contributed by atoms with E-state index >= 15 is 0 Å². The summed E-state index contributed by atoms with van der Waals surface area (Å²) >= 11 is 0. The summed E-state index contributed by atoms with van der Waals surface area (Å²) in [5, 5.41) is 0. The lowest BCUT2D eigenvalue weighted by Crippen LogP contribution is -2.57. The molecule has 6 atom stereocenters. The summed E-state index contributed by atoms with van der Waals surface area (Å²) in [7, 11) is 0. The molecule has 0 N–H and O–H groups in total.